The van der Waals surface area contributed by atoms with E-state index in [4.69, 9.17) is 0 Å². The van der Waals surface area contributed by atoms with Gasteiger partial charge in [-0.2, -0.15) is 0 Å². The Balaban J connectivity index is 1.77. The van der Waals surface area contributed by atoms with Gasteiger partial charge in [-0.05, 0) is 36.6 Å². The Morgan fingerprint density at radius 2 is 1.52 bits per heavy atom. The molecule has 21 heavy (non-hydrogen) atoms. The lowest BCUT2D eigenvalue weighted by molar-refractivity contribution is -0.115. The molecule has 0 unspecified atom stereocenters. The van der Waals surface area contributed by atoms with Crippen molar-refractivity contribution in [3.8, 4) is 0 Å². The summed E-state index contributed by atoms with van der Waals surface area (Å²) in [6.45, 7) is 0. The first kappa shape index (κ1) is 14.7. The second-order valence-electron chi connectivity index (χ2n) is 4.61. The van der Waals surface area contributed by atoms with Crippen molar-refractivity contribution in [2.45, 2.75) is 12.8 Å². The SMILES string of the molecule is O=C(/C=C/CCc1ccccc1)NC(=O)c1ccccc1. The average molecular weight is 279 g/mol. The van der Waals surface area contributed by atoms with E-state index in [0.717, 1.165) is 12.8 Å². The fraction of sp³-hybridized carbons (Fsp3) is 0.111. The molecule has 1 N–H and O–H groups in total. The van der Waals surface area contributed by atoms with Crippen molar-refractivity contribution in [1.29, 1.82) is 0 Å². The van der Waals surface area contributed by atoms with E-state index in [1.165, 1.54) is 11.6 Å². The number of imide groups is 1. The molecule has 0 bridgehead atoms. The fourth-order valence-electron chi connectivity index (χ4n) is 1.90. The zero-order chi connectivity index (χ0) is 14.9. The van der Waals surface area contributed by atoms with Gasteiger partial charge in [0.15, 0.2) is 0 Å². The second kappa shape index (κ2) is 7.80. The Labute approximate surface area is 124 Å². The van der Waals surface area contributed by atoms with Gasteiger partial charge in [0.1, 0.15) is 0 Å². The van der Waals surface area contributed by atoms with Gasteiger partial charge >= 0.3 is 0 Å². The van der Waals surface area contributed by atoms with Gasteiger partial charge in [-0.15, -0.1) is 0 Å². The van der Waals surface area contributed by atoms with Crippen LogP contribution < -0.4 is 5.32 Å². The van der Waals surface area contributed by atoms with Crippen LogP contribution in [0.4, 0.5) is 0 Å². The Hall–Kier alpha value is -2.68. The number of hydrogen-bond acceptors (Lipinski definition) is 2. The van der Waals surface area contributed by atoms with Crippen LogP contribution in [0.1, 0.15) is 22.3 Å². The molecule has 0 fully saturated rings. The molecular formula is C18H17NO2. The highest BCUT2D eigenvalue weighted by Crippen LogP contribution is 2.03. The predicted molar refractivity (Wildman–Crippen MR) is 82.8 cm³/mol. The molecule has 2 amide bonds. The van der Waals surface area contributed by atoms with E-state index in [9.17, 15) is 9.59 Å². The summed E-state index contributed by atoms with van der Waals surface area (Å²) in [5.41, 5.74) is 1.70. The van der Waals surface area contributed by atoms with Gasteiger partial charge in [-0.25, -0.2) is 0 Å². The normalized spacial score (nSPS) is 10.5. The minimum Gasteiger partial charge on any atom is -0.289 e. The second-order valence-corrected chi connectivity index (χ2v) is 4.61. The smallest absolute Gasteiger partial charge is 0.258 e. The first-order valence-corrected chi connectivity index (χ1v) is 6.86. The summed E-state index contributed by atoms with van der Waals surface area (Å²) in [6, 6.07) is 18.7. The van der Waals surface area contributed by atoms with Crippen molar-refractivity contribution in [2.24, 2.45) is 0 Å². The summed E-state index contributed by atoms with van der Waals surface area (Å²) in [6.07, 6.45) is 4.82. The molecule has 0 radical (unpaired) electrons. The van der Waals surface area contributed by atoms with E-state index in [1.807, 2.05) is 36.4 Å². The van der Waals surface area contributed by atoms with Crippen LogP contribution in [0.3, 0.4) is 0 Å². The Bertz CT molecular complexity index is 618. The molecule has 2 aromatic carbocycles. The molecule has 0 aliphatic carbocycles. The number of hydrogen-bond donors (Lipinski definition) is 1. The molecule has 0 spiro atoms. The number of carbonyl (C=O) groups is 2. The van der Waals surface area contributed by atoms with Gasteiger partial charge < -0.3 is 0 Å². The summed E-state index contributed by atoms with van der Waals surface area (Å²) >= 11 is 0. The molecular weight excluding hydrogens is 262 g/mol. The predicted octanol–water partition coefficient (Wildman–Crippen LogP) is 3.13. The standard InChI is InChI=1S/C18H17NO2/c20-17(19-18(21)16-12-5-2-6-13-16)14-8-7-11-15-9-3-1-4-10-15/h1-6,8-10,12-14H,7,11H2,(H,19,20,21)/b14-8+. The number of aryl methyl sites for hydroxylation is 1. The van der Waals surface area contributed by atoms with E-state index in [1.54, 1.807) is 30.3 Å². The third-order valence-electron chi connectivity index (χ3n) is 2.98. The molecule has 0 aromatic heterocycles. The molecule has 3 nitrogen and oxygen atoms in total. The Kier molecular flexibility index (Phi) is 5.47. The van der Waals surface area contributed by atoms with Gasteiger partial charge in [0, 0.05) is 5.56 Å². The first-order chi connectivity index (χ1) is 10.3. The topological polar surface area (TPSA) is 46.2 Å². The fourth-order valence-corrected chi connectivity index (χ4v) is 1.90. The van der Waals surface area contributed by atoms with Gasteiger partial charge in [0.05, 0.1) is 0 Å². The largest absolute Gasteiger partial charge is 0.289 e. The van der Waals surface area contributed by atoms with Crippen LogP contribution in [0.5, 0.6) is 0 Å². The van der Waals surface area contributed by atoms with E-state index >= 15 is 0 Å². The molecule has 3 heteroatoms. The van der Waals surface area contributed by atoms with Crippen molar-refractivity contribution in [3.05, 3.63) is 83.9 Å². The van der Waals surface area contributed by atoms with E-state index < -0.39 is 5.91 Å². The highest BCUT2D eigenvalue weighted by molar-refractivity contribution is 6.07. The summed E-state index contributed by atoms with van der Waals surface area (Å²) in [5, 5.41) is 2.33. The maximum Gasteiger partial charge on any atom is 0.258 e. The third-order valence-corrected chi connectivity index (χ3v) is 2.98. The molecule has 0 aliphatic heterocycles. The molecule has 0 saturated heterocycles. The van der Waals surface area contributed by atoms with Gasteiger partial charge in [0.2, 0.25) is 5.91 Å². The van der Waals surface area contributed by atoms with Gasteiger partial charge in [-0.1, -0.05) is 54.6 Å². The lowest BCUT2D eigenvalue weighted by atomic mass is 10.1. The van der Waals surface area contributed by atoms with Crippen LogP contribution in [0.2, 0.25) is 0 Å². The number of nitrogens with one attached hydrogen (secondary N) is 1. The molecule has 0 saturated carbocycles. The quantitative estimate of drug-likeness (QED) is 0.855. The maximum atomic E-state index is 11.7. The number of benzene rings is 2. The number of rotatable bonds is 5. The number of amides is 2. The van der Waals surface area contributed by atoms with Crippen molar-refractivity contribution in [3.63, 3.8) is 0 Å². The minimum absolute atomic E-state index is 0.381. The van der Waals surface area contributed by atoms with Crippen LogP contribution in [-0.4, -0.2) is 11.8 Å². The Morgan fingerprint density at radius 3 is 2.19 bits per heavy atom. The summed E-state index contributed by atoms with van der Waals surface area (Å²) in [5.74, 6) is -0.773. The lowest BCUT2D eigenvalue weighted by Crippen LogP contribution is -2.28. The van der Waals surface area contributed by atoms with Crippen molar-refractivity contribution < 1.29 is 9.59 Å². The minimum atomic E-state index is -0.392. The zero-order valence-corrected chi connectivity index (χ0v) is 11.7. The first-order valence-electron chi connectivity index (χ1n) is 6.86. The highest BCUT2D eigenvalue weighted by atomic mass is 16.2. The van der Waals surface area contributed by atoms with Crippen LogP contribution in [-0.2, 0) is 11.2 Å². The molecule has 0 aliphatic rings. The van der Waals surface area contributed by atoms with Crippen LogP contribution in [0.15, 0.2) is 72.8 Å². The Morgan fingerprint density at radius 1 is 0.905 bits per heavy atom. The van der Waals surface area contributed by atoms with E-state index in [2.05, 4.69) is 5.32 Å². The zero-order valence-electron chi connectivity index (χ0n) is 11.7. The van der Waals surface area contributed by atoms with E-state index in [0.29, 0.717) is 5.56 Å². The third kappa shape index (κ3) is 5.07. The molecule has 0 atom stereocenters. The van der Waals surface area contributed by atoms with Gasteiger partial charge in [0.25, 0.3) is 5.91 Å². The summed E-state index contributed by atoms with van der Waals surface area (Å²) < 4.78 is 0. The van der Waals surface area contributed by atoms with Crippen LogP contribution in [0.25, 0.3) is 0 Å². The average Bonchev–Trinajstić information content (AvgIpc) is 2.53. The van der Waals surface area contributed by atoms with Gasteiger partial charge in [-0.3, -0.25) is 14.9 Å². The van der Waals surface area contributed by atoms with Crippen molar-refractivity contribution in [1.82, 2.24) is 5.32 Å². The molecule has 0 heterocycles. The molecule has 2 rings (SSSR count). The molecule has 2 aromatic rings. The van der Waals surface area contributed by atoms with Crippen molar-refractivity contribution >= 4 is 11.8 Å². The number of carbonyl (C=O) groups excluding carboxylic acids is 2. The van der Waals surface area contributed by atoms with Crippen LogP contribution in [0, 0.1) is 0 Å². The highest BCUT2D eigenvalue weighted by Gasteiger charge is 2.06. The molecule has 106 valence electrons. The van der Waals surface area contributed by atoms with E-state index in [-0.39, 0.29) is 5.91 Å². The monoisotopic (exact) mass is 279 g/mol. The maximum absolute atomic E-state index is 11.7. The lowest BCUT2D eigenvalue weighted by Gasteiger charge is -2.00. The summed E-state index contributed by atoms with van der Waals surface area (Å²) in [7, 11) is 0. The van der Waals surface area contributed by atoms with Crippen molar-refractivity contribution in [2.75, 3.05) is 0 Å². The summed E-state index contributed by atoms with van der Waals surface area (Å²) in [4.78, 5) is 23.4. The van der Waals surface area contributed by atoms with Crippen LogP contribution >= 0.6 is 0 Å². The number of allylic oxidation sites excluding steroid dienone is 1.